The van der Waals surface area contributed by atoms with E-state index < -0.39 is 0 Å². The molecule has 26 heavy (non-hydrogen) atoms. The first-order valence-corrected chi connectivity index (χ1v) is 9.73. The second-order valence-corrected chi connectivity index (χ2v) is 7.08. The number of hydrogen-bond acceptors (Lipinski definition) is 4. The van der Waals surface area contributed by atoms with Crippen molar-refractivity contribution < 1.29 is 9.53 Å². The van der Waals surface area contributed by atoms with Crippen molar-refractivity contribution in [3.8, 4) is 5.75 Å². The number of H-pyrrole nitrogens is 1. The van der Waals surface area contributed by atoms with E-state index in [1.165, 1.54) is 12.8 Å². The van der Waals surface area contributed by atoms with E-state index in [1.807, 2.05) is 24.3 Å². The number of hydrogen-bond donors (Lipinski definition) is 2. The first-order chi connectivity index (χ1) is 12.7. The Morgan fingerprint density at radius 3 is 2.92 bits per heavy atom. The van der Waals surface area contributed by atoms with Crippen molar-refractivity contribution >= 4 is 18.1 Å². The summed E-state index contributed by atoms with van der Waals surface area (Å²) in [5.74, 6) is 1.60. The van der Waals surface area contributed by atoms with Crippen molar-refractivity contribution in [1.29, 1.82) is 0 Å². The minimum absolute atomic E-state index is 0.0875. The van der Waals surface area contributed by atoms with E-state index in [0.29, 0.717) is 17.4 Å². The lowest BCUT2D eigenvalue weighted by molar-refractivity contribution is -0.121. The van der Waals surface area contributed by atoms with E-state index in [0.717, 1.165) is 42.8 Å². The fraction of sp³-hybridized carbons (Fsp3) is 0.526. The number of aromatic amines is 1. The molecule has 0 aliphatic heterocycles. The van der Waals surface area contributed by atoms with E-state index in [4.69, 9.17) is 17.0 Å². The van der Waals surface area contributed by atoms with Crippen LogP contribution in [-0.4, -0.2) is 26.8 Å². The van der Waals surface area contributed by atoms with Crippen LogP contribution in [0.3, 0.4) is 0 Å². The molecule has 0 unspecified atom stereocenters. The van der Waals surface area contributed by atoms with E-state index in [-0.39, 0.29) is 12.5 Å². The molecule has 1 aliphatic rings. The number of ether oxygens (including phenoxy) is 1. The molecule has 7 heteroatoms. The number of rotatable bonds is 8. The van der Waals surface area contributed by atoms with Crippen molar-refractivity contribution in [3.05, 3.63) is 40.4 Å². The summed E-state index contributed by atoms with van der Waals surface area (Å²) in [4.78, 5) is 12.4. The summed E-state index contributed by atoms with van der Waals surface area (Å²) in [7, 11) is 0. The first kappa shape index (κ1) is 18.6. The average molecular weight is 375 g/mol. The van der Waals surface area contributed by atoms with Crippen molar-refractivity contribution in [2.75, 3.05) is 0 Å². The number of aryl methyl sites for hydroxylation is 1. The number of nitrogens with one attached hydrogen (secondary N) is 2. The third-order valence-corrected chi connectivity index (χ3v) is 4.97. The minimum Gasteiger partial charge on any atom is -0.490 e. The summed E-state index contributed by atoms with van der Waals surface area (Å²) in [5, 5.41) is 9.93. The highest BCUT2D eigenvalue weighted by molar-refractivity contribution is 7.71. The topological polar surface area (TPSA) is 71.9 Å². The third kappa shape index (κ3) is 4.72. The second-order valence-electron chi connectivity index (χ2n) is 6.69. The average Bonchev–Trinajstić information content (AvgIpc) is 3.26. The number of carbonyl (C=O) groups is 1. The van der Waals surface area contributed by atoms with Crippen molar-refractivity contribution in [1.82, 2.24) is 20.1 Å². The van der Waals surface area contributed by atoms with Crippen LogP contribution in [0.25, 0.3) is 0 Å². The summed E-state index contributed by atoms with van der Waals surface area (Å²) >= 11 is 5.23. The zero-order valence-electron chi connectivity index (χ0n) is 15.2. The Kier molecular flexibility index (Phi) is 6.44. The largest absolute Gasteiger partial charge is 0.490 e. The molecule has 1 aromatic carbocycles. The first-order valence-electron chi connectivity index (χ1n) is 9.32. The summed E-state index contributed by atoms with van der Waals surface area (Å²) in [6.45, 7) is 2.69. The molecule has 1 amide bonds. The molecule has 0 saturated heterocycles. The predicted octanol–water partition coefficient (Wildman–Crippen LogP) is 3.53. The summed E-state index contributed by atoms with van der Waals surface area (Å²) in [6.07, 6.45) is 6.72. The van der Waals surface area contributed by atoms with Crippen molar-refractivity contribution in [2.24, 2.45) is 0 Å². The second kappa shape index (κ2) is 8.98. The van der Waals surface area contributed by atoms with E-state index in [1.54, 1.807) is 4.57 Å². The molecule has 2 N–H and O–H groups in total. The van der Waals surface area contributed by atoms with Gasteiger partial charge in [0, 0.05) is 18.5 Å². The normalized spacial score (nSPS) is 14.5. The number of nitrogens with zero attached hydrogens (tertiary/aromatic N) is 2. The molecule has 1 aliphatic carbocycles. The highest BCUT2D eigenvalue weighted by atomic mass is 32.1. The molecule has 140 valence electrons. The highest BCUT2D eigenvalue weighted by Crippen LogP contribution is 2.26. The van der Waals surface area contributed by atoms with Gasteiger partial charge in [-0.1, -0.05) is 25.1 Å². The maximum absolute atomic E-state index is 12.4. The van der Waals surface area contributed by atoms with Crippen LogP contribution in [0.1, 0.15) is 50.4 Å². The van der Waals surface area contributed by atoms with Gasteiger partial charge in [-0.25, -0.2) is 0 Å². The van der Waals surface area contributed by atoms with E-state index in [9.17, 15) is 4.79 Å². The molecule has 0 radical (unpaired) electrons. The Bertz CT molecular complexity index is 793. The van der Waals surface area contributed by atoms with E-state index in [2.05, 4.69) is 22.4 Å². The lowest BCUT2D eigenvalue weighted by Crippen LogP contribution is -2.28. The number of para-hydroxylation sites is 1. The molecule has 2 aromatic rings. The van der Waals surface area contributed by atoms with Crippen molar-refractivity contribution in [3.63, 3.8) is 0 Å². The monoisotopic (exact) mass is 374 g/mol. The Balaban J connectivity index is 1.59. The smallest absolute Gasteiger partial charge is 0.240 e. The van der Waals surface area contributed by atoms with Crippen LogP contribution in [0.5, 0.6) is 5.75 Å². The van der Waals surface area contributed by atoms with Gasteiger partial charge >= 0.3 is 0 Å². The molecular formula is C19H26N4O2S. The van der Waals surface area contributed by atoms with Gasteiger partial charge < -0.3 is 10.1 Å². The molecule has 1 heterocycles. The van der Waals surface area contributed by atoms with Gasteiger partial charge in [-0.2, -0.15) is 5.10 Å². The van der Waals surface area contributed by atoms with Gasteiger partial charge in [0.15, 0.2) is 4.77 Å². The molecular weight excluding hydrogens is 348 g/mol. The Morgan fingerprint density at radius 2 is 2.15 bits per heavy atom. The fourth-order valence-electron chi connectivity index (χ4n) is 3.27. The van der Waals surface area contributed by atoms with Crippen LogP contribution in [0.15, 0.2) is 24.3 Å². The Morgan fingerprint density at radius 1 is 1.38 bits per heavy atom. The lowest BCUT2D eigenvalue weighted by Gasteiger charge is -2.17. The highest BCUT2D eigenvalue weighted by Gasteiger charge is 2.18. The fourth-order valence-corrected chi connectivity index (χ4v) is 3.49. The number of aromatic nitrogens is 3. The van der Waals surface area contributed by atoms with Gasteiger partial charge in [-0.05, 0) is 50.4 Å². The van der Waals surface area contributed by atoms with Crippen LogP contribution in [-0.2, 0) is 24.3 Å². The number of carbonyl (C=O) groups excluding carboxylic acids is 1. The molecule has 1 fully saturated rings. The van der Waals surface area contributed by atoms with Crippen molar-refractivity contribution in [2.45, 2.75) is 64.6 Å². The van der Waals surface area contributed by atoms with E-state index >= 15 is 0 Å². The number of benzene rings is 1. The standard InChI is InChI=1S/C19H26N4O2S/c1-2-7-17-21-22-19(26)23(17)13-18(24)20-12-14-8-3-6-11-16(14)25-15-9-4-5-10-15/h3,6,8,11,15H,2,4-5,7,9-10,12-13H2,1H3,(H,20,24)(H,22,26). The molecule has 3 rings (SSSR count). The van der Waals surface area contributed by atoms with Crippen LogP contribution in [0.2, 0.25) is 0 Å². The van der Waals surface area contributed by atoms with Crippen LogP contribution < -0.4 is 10.1 Å². The van der Waals surface area contributed by atoms with Crippen LogP contribution in [0.4, 0.5) is 0 Å². The molecule has 1 aromatic heterocycles. The Labute approximate surface area is 159 Å². The summed E-state index contributed by atoms with van der Waals surface area (Å²) < 4.78 is 8.37. The SMILES string of the molecule is CCCc1n[nH]c(=S)n1CC(=O)NCc1ccccc1OC1CCCC1. The molecule has 0 spiro atoms. The summed E-state index contributed by atoms with van der Waals surface area (Å²) in [6, 6.07) is 7.91. The summed E-state index contributed by atoms with van der Waals surface area (Å²) in [5.41, 5.74) is 0.998. The molecule has 0 bridgehead atoms. The van der Waals surface area contributed by atoms with Gasteiger partial charge in [-0.15, -0.1) is 0 Å². The van der Waals surface area contributed by atoms with Gasteiger partial charge in [0.1, 0.15) is 18.1 Å². The predicted molar refractivity (Wildman–Crippen MR) is 103 cm³/mol. The molecule has 0 atom stereocenters. The zero-order valence-corrected chi connectivity index (χ0v) is 16.0. The maximum atomic E-state index is 12.4. The van der Waals surface area contributed by atoms with Gasteiger partial charge in [0.25, 0.3) is 0 Å². The maximum Gasteiger partial charge on any atom is 0.240 e. The molecule has 1 saturated carbocycles. The number of amides is 1. The quantitative estimate of drug-likeness (QED) is 0.694. The van der Waals surface area contributed by atoms with Gasteiger partial charge in [-0.3, -0.25) is 14.5 Å². The van der Waals surface area contributed by atoms with Crippen LogP contribution >= 0.6 is 12.2 Å². The minimum atomic E-state index is -0.0875. The molecule has 6 nitrogen and oxygen atoms in total. The van der Waals surface area contributed by atoms with Gasteiger partial charge in [0.05, 0.1) is 6.10 Å². The zero-order chi connectivity index (χ0) is 18.4. The lowest BCUT2D eigenvalue weighted by atomic mass is 10.2. The Hall–Kier alpha value is -2.15. The van der Waals surface area contributed by atoms with Gasteiger partial charge in [0.2, 0.25) is 5.91 Å². The van der Waals surface area contributed by atoms with Crippen LogP contribution in [0, 0.1) is 4.77 Å². The third-order valence-electron chi connectivity index (χ3n) is 4.66.